The number of carbonyl (C=O) groups excluding carboxylic acids is 1. The van der Waals surface area contributed by atoms with Gasteiger partial charge in [-0.05, 0) is 24.6 Å². The summed E-state index contributed by atoms with van der Waals surface area (Å²) in [6.45, 7) is 1.78. The van der Waals surface area contributed by atoms with Crippen LogP contribution in [0.4, 0.5) is 0 Å². The Morgan fingerprint density at radius 3 is 2.94 bits per heavy atom. The number of rotatable bonds is 3. The summed E-state index contributed by atoms with van der Waals surface area (Å²) >= 11 is 5.71. The molecule has 0 bridgehead atoms. The molecule has 0 aromatic heterocycles. The van der Waals surface area contributed by atoms with Gasteiger partial charge in [-0.1, -0.05) is 18.5 Å². The Kier molecular flexibility index (Phi) is 4.15. The first-order chi connectivity index (χ1) is 7.58. The zero-order valence-corrected chi connectivity index (χ0v) is 9.45. The van der Waals surface area contributed by atoms with Crippen molar-refractivity contribution in [1.29, 1.82) is 5.26 Å². The van der Waals surface area contributed by atoms with E-state index in [0.29, 0.717) is 11.4 Å². The maximum Gasteiger partial charge on any atom is 0.256 e. The molecule has 0 heterocycles. The van der Waals surface area contributed by atoms with Crippen LogP contribution < -0.4 is 5.32 Å². The smallest absolute Gasteiger partial charge is 0.256 e. The van der Waals surface area contributed by atoms with E-state index in [4.69, 9.17) is 16.9 Å². The van der Waals surface area contributed by atoms with E-state index in [9.17, 15) is 9.90 Å². The first-order valence-corrected chi connectivity index (χ1v) is 5.15. The van der Waals surface area contributed by atoms with E-state index < -0.39 is 11.9 Å². The van der Waals surface area contributed by atoms with Crippen LogP contribution in [0.5, 0.6) is 5.75 Å². The van der Waals surface area contributed by atoms with Gasteiger partial charge in [0.1, 0.15) is 11.8 Å². The molecule has 1 amide bonds. The second kappa shape index (κ2) is 5.38. The van der Waals surface area contributed by atoms with E-state index in [1.165, 1.54) is 18.2 Å². The number of nitriles is 1. The van der Waals surface area contributed by atoms with Crippen molar-refractivity contribution in [3.05, 3.63) is 28.8 Å². The van der Waals surface area contributed by atoms with Gasteiger partial charge in [-0.3, -0.25) is 4.79 Å². The Morgan fingerprint density at radius 2 is 2.38 bits per heavy atom. The van der Waals surface area contributed by atoms with Crippen molar-refractivity contribution in [3.63, 3.8) is 0 Å². The average molecular weight is 239 g/mol. The van der Waals surface area contributed by atoms with Crippen LogP contribution in [0.1, 0.15) is 23.7 Å². The highest BCUT2D eigenvalue weighted by atomic mass is 35.5. The van der Waals surface area contributed by atoms with Crippen molar-refractivity contribution < 1.29 is 9.90 Å². The molecule has 0 aliphatic heterocycles. The molecule has 2 N–H and O–H groups in total. The van der Waals surface area contributed by atoms with Crippen LogP contribution in [-0.2, 0) is 0 Å². The van der Waals surface area contributed by atoms with Crippen molar-refractivity contribution in [2.24, 2.45) is 0 Å². The number of hydrogen-bond acceptors (Lipinski definition) is 3. The van der Waals surface area contributed by atoms with Crippen molar-refractivity contribution in [1.82, 2.24) is 5.32 Å². The number of aromatic hydroxyl groups is 1. The Hall–Kier alpha value is -1.73. The molecule has 84 valence electrons. The Morgan fingerprint density at radius 1 is 1.69 bits per heavy atom. The number of phenols is 1. The topological polar surface area (TPSA) is 73.1 Å². The third-order valence-corrected chi connectivity index (χ3v) is 2.31. The number of benzene rings is 1. The largest absolute Gasteiger partial charge is 0.507 e. The Labute approximate surface area is 98.5 Å². The summed E-state index contributed by atoms with van der Waals surface area (Å²) in [7, 11) is 0. The van der Waals surface area contributed by atoms with Gasteiger partial charge >= 0.3 is 0 Å². The normalized spacial score (nSPS) is 11.6. The van der Waals surface area contributed by atoms with E-state index in [1.54, 1.807) is 6.92 Å². The number of hydrogen-bond donors (Lipinski definition) is 2. The molecular formula is C11H11ClN2O2. The van der Waals surface area contributed by atoms with Crippen molar-refractivity contribution in [2.75, 3.05) is 0 Å². The van der Waals surface area contributed by atoms with Gasteiger partial charge in [-0.2, -0.15) is 5.26 Å². The molecule has 16 heavy (non-hydrogen) atoms. The first kappa shape index (κ1) is 12.3. The molecule has 0 saturated heterocycles. The van der Waals surface area contributed by atoms with Crippen LogP contribution in [0.2, 0.25) is 5.02 Å². The standard InChI is InChI=1S/C11H11ClN2O2/c1-2-8(6-13)14-11(16)9-5-7(12)3-4-10(9)15/h3-5,8,15H,2H2,1H3,(H,14,16). The molecule has 1 aromatic carbocycles. The minimum absolute atomic E-state index is 0.0706. The minimum Gasteiger partial charge on any atom is -0.507 e. The number of phenolic OH excluding ortho intramolecular Hbond substituents is 1. The number of nitrogens with zero attached hydrogens (tertiary/aromatic N) is 1. The minimum atomic E-state index is -0.564. The molecular weight excluding hydrogens is 228 g/mol. The van der Waals surface area contributed by atoms with Crippen LogP contribution in [0.3, 0.4) is 0 Å². The average Bonchev–Trinajstić information content (AvgIpc) is 2.28. The number of amides is 1. The summed E-state index contributed by atoms with van der Waals surface area (Å²) in [5, 5.41) is 21.0. The van der Waals surface area contributed by atoms with E-state index in [0.717, 1.165) is 0 Å². The van der Waals surface area contributed by atoms with Crippen LogP contribution in [-0.4, -0.2) is 17.1 Å². The van der Waals surface area contributed by atoms with Crippen LogP contribution in [0.25, 0.3) is 0 Å². The lowest BCUT2D eigenvalue weighted by atomic mass is 10.1. The van der Waals surface area contributed by atoms with Crippen LogP contribution in [0.15, 0.2) is 18.2 Å². The second-order valence-corrected chi connectivity index (χ2v) is 3.66. The fraction of sp³-hybridized carbons (Fsp3) is 0.273. The summed E-state index contributed by atoms with van der Waals surface area (Å²) in [4.78, 5) is 11.7. The Bertz CT molecular complexity index is 440. The predicted molar refractivity (Wildman–Crippen MR) is 60.3 cm³/mol. The predicted octanol–water partition coefficient (Wildman–Crippen LogP) is 2.08. The van der Waals surface area contributed by atoms with Gasteiger partial charge in [-0.15, -0.1) is 0 Å². The molecule has 0 saturated carbocycles. The molecule has 0 aliphatic carbocycles. The lowest BCUT2D eigenvalue weighted by molar-refractivity contribution is 0.0942. The van der Waals surface area contributed by atoms with Crippen LogP contribution in [0, 0.1) is 11.3 Å². The molecule has 4 nitrogen and oxygen atoms in total. The quantitative estimate of drug-likeness (QED) is 0.847. The molecule has 0 aliphatic rings. The monoisotopic (exact) mass is 238 g/mol. The van der Waals surface area contributed by atoms with Crippen molar-refractivity contribution >= 4 is 17.5 Å². The number of nitrogens with one attached hydrogen (secondary N) is 1. The van der Waals surface area contributed by atoms with Gasteiger partial charge in [0, 0.05) is 5.02 Å². The molecule has 1 aromatic rings. The second-order valence-electron chi connectivity index (χ2n) is 3.22. The third kappa shape index (κ3) is 2.88. The summed E-state index contributed by atoms with van der Waals surface area (Å²) < 4.78 is 0. The molecule has 1 rings (SSSR count). The van der Waals surface area contributed by atoms with Crippen molar-refractivity contribution in [3.8, 4) is 11.8 Å². The lowest BCUT2D eigenvalue weighted by Crippen LogP contribution is -2.33. The highest BCUT2D eigenvalue weighted by Gasteiger charge is 2.15. The summed E-state index contributed by atoms with van der Waals surface area (Å²) in [5.74, 6) is -0.664. The maximum absolute atomic E-state index is 11.7. The van der Waals surface area contributed by atoms with Crippen LogP contribution >= 0.6 is 11.6 Å². The van der Waals surface area contributed by atoms with E-state index in [2.05, 4.69) is 5.32 Å². The fourth-order valence-electron chi connectivity index (χ4n) is 1.15. The summed E-state index contributed by atoms with van der Waals surface area (Å²) in [6.07, 6.45) is 0.504. The van der Waals surface area contributed by atoms with Gasteiger partial charge in [0.2, 0.25) is 0 Å². The SMILES string of the molecule is CCC(C#N)NC(=O)c1cc(Cl)ccc1O. The fourth-order valence-corrected chi connectivity index (χ4v) is 1.32. The maximum atomic E-state index is 11.7. The van der Waals surface area contributed by atoms with E-state index in [-0.39, 0.29) is 11.3 Å². The molecule has 1 unspecified atom stereocenters. The lowest BCUT2D eigenvalue weighted by Gasteiger charge is -2.10. The van der Waals surface area contributed by atoms with Crippen molar-refractivity contribution in [2.45, 2.75) is 19.4 Å². The third-order valence-electron chi connectivity index (χ3n) is 2.07. The van der Waals surface area contributed by atoms with E-state index in [1.807, 2.05) is 6.07 Å². The number of halogens is 1. The van der Waals surface area contributed by atoms with Gasteiger partial charge in [0.05, 0.1) is 11.6 Å². The summed E-state index contributed by atoms with van der Waals surface area (Å²) in [5.41, 5.74) is 0.0706. The molecule has 0 fully saturated rings. The molecule has 1 atom stereocenters. The van der Waals surface area contributed by atoms with E-state index >= 15 is 0 Å². The highest BCUT2D eigenvalue weighted by Crippen LogP contribution is 2.21. The molecule has 0 radical (unpaired) electrons. The van der Waals surface area contributed by atoms with Gasteiger partial charge < -0.3 is 10.4 Å². The molecule has 5 heteroatoms. The zero-order chi connectivity index (χ0) is 12.1. The zero-order valence-electron chi connectivity index (χ0n) is 8.70. The van der Waals surface area contributed by atoms with Gasteiger partial charge in [-0.25, -0.2) is 0 Å². The molecule has 0 spiro atoms. The van der Waals surface area contributed by atoms with Gasteiger partial charge in [0.15, 0.2) is 0 Å². The highest BCUT2D eigenvalue weighted by molar-refractivity contribution is 6.31. The van der Waals surface area contributed by atoms with Gasteiger partial charge in [0.25, 0.3) is 5.91 Å². The first-order valence-electron chi connectivity index (χ1n) is 4.77. The summed E-state index contributed by atoms with van der Waals surface area (Å²) in [6, 6.07) is 5.55. The number of carbonyl (C=O) groups is 1. The Balaban J connectivity index is 2.89.